The van der Waals surface area contributed by atoms with Crippen LogP contribution in [0.2, 0.25) is 0 Å². The van der Waals surface area contributed by atoms with Gasteiger partial charge in [-0.2, -0.15) is 10.2 Å². The summed E-state index contributed by atoms with van der Waals surface area (Å²) >= 11 is 1.42. The summed E-state index contributed by atoms with van der Waals surface area (Å²) in [4.78, 5) is 16.5. The normalized spacial score (nSPS) is 10.8. The van der Waals surface area contributed by atoms with E-state index in [4.69, 9.17) is 0 Å². The lowest BCUT2D eigenvalue weighted by molar-refractivity contribution is 0.262. The monoisotopic (exact) mass is 397 g/mol. The zero-order valence-corrected chi connectivity index (χ0v) is 15.8. The summed E-state index contributed by atoms with van der Waals surface area (Å²) in [5.41, 5.74) is 3.35. The molecule has 0 aliphatic rings. The minimum atomic E-state index is -0.516. The third-order valence-electron chi connectivity index (χ3n) is 3.98. The molecule has 0 aliphatic heterocycles. The largest absolute Gasteiger partial charge is 0.323 e. The van der Waals surface area contributed by atoms with Crippen molar-refractivity contribution in [3.8, 4) is 16.4 Å². The van der Waals surface area contributed by atoms with Crippen molar-refractivity contribution in [2.45, 2.75) is 13.8 Å². The molecule has 0 saturated heterocycles. The van der Waals surface area contributed by atoms with Gasteiger partial charge >= 0.3 is 6.03 Å². The van der Waals surface area contributed by atoms with E-state index in [9.17, 15) is 9.18 Å². The van der Waals surface area contributed by atoms with Crippen LogP contribution in [0.4, 0.5) is 20.6 Å². The van der Waals surface area contributed by atoms with Gasteiger partial charge in [-0.05, 0) is 38.1 Å². The van der Waals surface area contributed by atoms with Crippen molar-refractivity contribution >= 4 is 28.7 Å². The number of halogens is 1. The highest BCUT2D eigenvalue weighted by Crippen LogP contribution is 2.27. The zero-order valence-electron chi connectivity index (χ0n) is 15.0. The molecule has 0 saturated carbocycles. The summed E-state index contributed by atoms with van der Waals surface area (Å²) in [6, 6.07) is 5.79. The number of urea groups is 1. The first-order valence-corrected chi connectivity index (χ1v) is 9.23. The summed E-state index contributed by atoms with van der Waals surface area (Å²) in [5, 5.41) is 18.9. The third-order valence-corrected chi connectivity index (χ3v) is 4.77. The Morgan fingerprint density at radius 3 is 2.79 bits per heavy atom. The topological polar surface area (TPSA) is 101 Å². The number of aromatic amines is 1. The third kappa shape index (κ3) is 3.49. The van der Waals surface area contributed by atoms with Crippen molar-refractivity contribution in [1.82, 2.24) is 25.0 Å². The standard InChI is InChI=1S/C18H16FN7OS/c1-10-7-11(2)26(25-10)15-4-3-12(8-13(15)19)22-18(27)23-14-9-21-24-16(14)17-20-5-6-28-17/h3-9H,1-2H3,(H,21,24)(H2,22,23,27). The highest BCUT2D eigenvalue weighted by Gasteiger charge is 2.14. The van der Waals surface area contributed by atoms with Gasteiger partial charge in [0.15, 0.2) is 5.82 Å². The predicted molar refractivity (Wildman–Crippen MR) is 105 cm³/mol. The van der Waals surface area contributed by atoms with E-state index in [-0.39, 0.29) is 0 Å². The number of carbonyl (C=O) groups is 1. The number of nitrogens with one attached hydrogen (secondary N) is 3. The molecule has 3 heterocycles. The number of anilines is 2. The minimum absolute atomic E-state index is 0.317. The number of carbonyl (C=O) groups excluding carboxylic acids is 1. The van der Waals surface area contributed by atoms with Crippen LogP contribution in [0.25, 0.3) is 16.4 Å². The second kappa shape index (κ2) is 7.24. The van der Waals surface area contributed by atoms with Crippen LogP contribution >= 0.6 is 11.3 Å². The molecular formula is C18H16FN7OS. The van der Waals surface area contributed by atoms with Crippen LogP contribution in [0, 0.1) is 19.7 Å². The number of thiazole rings is 1. The van der Waals surface area contributed by atoms with E-state index in [2.05, 4.69) is 30.9 Å². The van der Waals surface area contributed by atoms with Gasteiger partial charge < -0.3 is 10.6 Å². The van der Waals surface area contributed by atoms with E-state index in [0.29, 0.717) is 27.8 Å². The molecule has 10 heteroatoms. The molecule has 8 nitrogen and oxygen atoms in total. The first kappa shape index (κ1) is 17.9. The van der Waals surface area contributed by atoms with Gasteiger partial charge in [-0.3, -0.25) is 5.10 Å². The molecule has 0 fully saturated rings. The Hall–Kier alpha value is -3.53. The summed E-state index contributed by atoms with van der Waals surface area (Å²) in [5.74, 6) is -0.490. The quantitative estimate of drug-likeness (QED) is 0.482. The van der Waals surface area contributed by atoms with Crippen molar-refractivity contribution in [1.29, 1.82) is 0 Å². The number of nitrogens with zero attached hydrogens (tertiary/aromatic N) is 4. The molecule has 28 heavy (non-hydrogen) atoms. The van der Waals surface area contributed by atoms with Crippen LogP contribution in [0.15, 0.2) is 42.0 Å². The van der Waals surface area contributed by atoms with Gasteiger partial charge in [0.1, 0.15) is 16.4 Å². The Balaban J connectivity index is 1.49. The highest BCUT2D eigenvalue weighted by molar-refractivity contribution is 7.13. The predicted octanol–water partition coefficient (Wildman–Crippen LogP) is 4.12. The van der Waals surface area contributed by atoms with Gasteiger partial charge in [-0.1, -0.05) is 0 Å². The first-order chi connectivity index (χ1) is 13.5. The molecule has 3 N–H and O–H groups in total. The molecule has 2 amide bonds. The van der Waals surface area contributed by atoms with Crippen LogP contribution in [0.5, 0.6) is 0 Å². The Labute approximate surface area is 163 Å². The number of aromatic nitrogens is 5. The van der Waals surface area contributed by atoms with E-state index in [1.807, 2.05) is 25.3 Å². The number of hydrogen-bond acceptors (Lipinski definition) is 5. The van der Waals surface area contributed by atoms with Crippen LogP contribution in [0.1, 0.15) is 11.4 Å². The maximum absolute atomic E-state index is 14.5. The van der Waals surface area contributed by atoms with Crippen molar-refractivity contribution < 1.29 is 9.18 Å². The lowest BCUT2D eigenvalue weighted by Crippen LogP contribution is -2.19. The van der Waals surface area contributed by atoms with E-state index >= 15 is 0 Å². The maximum atomic E-state index is 14.5. The molecule has 4 rings (SSSR count). The average molecular weight is 397 g/mol. The summed E-state index contributed by atoms with van der Waals surface area (Å²) in [6.07, 6.45) is 3.15. The first-order valence-electron chi connectivity index (χ1n) is 8.35. The lowest BCUT2D eigenvalue weighted by Gasteiger charge is -2.10. The molecule has 0 aliphatic carbocycles. The molecule has 0 atom stereocenters. The van der Waals surface area contributed by atoms with Crippen LogP contribution in [-0.2, 0) is 0 Å². The fourth-order valence-corrected chi connectivity index (χ4v) is 3.45. The fourth-order valence-electron chi connectivity index (χ4n) is 2.80. The Kier molecular flexibility index (Phi) is 4.62. The van der Waals surface area contributed by atoms with Crippen LogP contribution < -0.4 is 10.6 Å². The van der Waals surface area contributed by atoms with Crippen molar-refractivity contribution in [2.24, 2.45) is 0 Å². The van der Waals surface area contributed by atoms with Crippen molar-refractivity contribution in [3.05, 3.63) is 59.2 Å². The van der Waals surface area contributed by atoms with Gasteiger partial charge in [0.2, 0.25) is 0 Å². The SMILES string of the molecule is Cc1cc(C)n(-c2ccc(NC(=O)Nc3cn[nH]c3-c3nccs3)cc2F)n1. The molecule has 0 radical (unpaired) electrons. The zero-order chi connectivity index (χ0) is 19.7. The summed E-state index contributed by atoms with van der Waals surface area (Å²) in [6.45, 7) is 3.70. The number of hydrogen-bond donors (Lipinski definition) is 3. The van der Waals surface area contributed by atoms with E-state index in [1.54, 1.807) is 18.3 Å². The van der Waals surface area contributed by atoms with Gasteiger partial charge in [0.25, 0.3) is 0 Å². The molecule has 0 bridgehead atoms. The second-order valence-electron chi connectivity index (χ2n) is 6.08. The number of H-pyrrole nitrogens is 1. The molecular weight excluding hydrogens is 381 g/mol. The number of aryl methyl sites for hydroxylation is 2. The Bertz CT molecular complexity index is 1130. The van der Waals surface area contributed by atoms with Gasteiger partial charge in [-0.25, -0.2) is 18.9 Å². The smallest absolute Gasteiger partial charge is 0.308 e. The fraction of sp³-hybridized carbons (Fsp3) is 0.111. The lowest BCUT2D eigenvalue weighted by atomic mass is 10.2. The van der Waals surface area contributed by atoms with Gasteiger partial charge in [0.05, 0.1) is 17.6 Å². The average Bonchev–Trinajstić information content (AvgIpc) is 3.36. The second-order valence-corrected chi connectivity index (χ2v) is 6.97. The van der Waals surface area contributed by atoms with Crippen molar-refractivity contribution in [2.75, 3.05) is 10.6 Å². The summed E-state index contributed by atoms with van der Waals surface area (Å²) in [7, 11) is 0. The van der Waals surface area contributed by atoms with E-state index in [1.165, 1.54) is 28.3 Å². The number of benzene rings is 1. The van der Waals surface area contributed by atoms with Crippen LogP contribution in [-0.4, -0.2) is 31.0 Å². The number of rotatable bonds is 4. The molecule has 1 aromatic carbocycles. The molecule has 0 unspecified atom stereocenters. The van der Waals surface area contributed by atoms with E-state index < -0.39 is 11.8 Å². The van der Waals surface area contributed by atoms with Crippen LogP contribution in [0.3, 0.4) is 0 Å². The van der Waals surface area contributed by atoms with Gasteiger partial charge in [-0.15, -0.1) is 11.3 Å². The highest BCUT2D eigenvalue weighted by atomic mass is 32.1. The summed E-state index contributed by atoms with van der Waals surface area (Å²) < 4.78 is 16.1. The molecule has 142 valence electrons. The number of amides is 2. The molecule has 0 spiro atoms. The Morgan fingerprint density at radius 2 is 2.11 bits per heavy atom. The van der Waals surface area contributed by atoms with Crippen molar-refractivity contribution in [3.63, 3.8) is 0 Å². The Morgan fingerprint density at radius 1 is 1.25 bits per heavy atom. The van der Waals surface area contributed by atoms with E-state index in [0.717, 1.165) is 11.4 Å². The van der Waals surface area contributed by atoms with Gasteiger partial charge in [0, 0.05) is 23.0 Å². The minimum Gasteiger partial charge on any atom is -0.308 e. The molecule has 3 aromatic heterocycles. The maximum Gasteiger partial charge on any atom is 0.323 e. The molecule has 4 aromatic rings.